The third-order valence-electron chi connectivity index (χ3n) is 8.47. The fourth-order valence-electron chi connectivity index (χ4n) is 7.14. The van der Waals surface area contributed by atoms with Gasteiger partial charge in [-0.3, -0.25) is 0 Å². The molecule has 2 aliphatic carbocycles. The van der Waals surface area contributed by atoms with Gasteiger partial charge in [0.2, 0.25) is 0 Å². The molecule has 0 aliphatic heterocycles. The third-order valence-corrected chi connectivity index (χ3v) is 54.9. The second-order valence-electron chi connectivity index (χ2n) is 11.3. The van der Waals surface area contributed by atoms with E-state index in [1.54, 1.807) is 0 Å². The van der Waals surface area contributed by atoms with Crippen molar-refractivity contribution in [3.05, 3.63) is 111 Å². The zero-order valence-corrected chi connectivity index (χ0v) is 28.1. The molecule has 0 saturated heterocycles. The zero-order valence-electron chi connectivity index (χ0n) is 23.1. The van der Waals surface area contributed by atoms with Gasteiger partial charge in [-0.05, 0) is 0 Å². The Balaban J connectivity index is 1.90. The van der Waals surface area contributed by atoms with Crippen molar-refractivity contribution in [1.29, 1.82) is 0 Å². The van der Waals surface area contributed by atoms with Crippen LogP contribution < -0.4 is 0 Å². The molecule has 3 aromatic carbocycles. The van der Waals surface area contributed by atoms with Gasteiger partial charge in [0.05, 0.1) is 0 Å². The van der Waals surface area contributed by atoms with Gasteiger partial charge in [-0.25, -0.2) is 0 Å². The molecule has 0 fully saturated rings. The molecule has 0 spiro atoms. The van der Waals surface area contributed by atoms with Crippen LogP contribution in [-0.4, -0.2) is 13.9 Å². The first-order valence-electron chi connectivity index (χ1n) is 13.0. The van der Waals surface area contributed by atoms with Crippen LogP contribution in [0.4, 0.5) is 0 Å². The van der Waals surface area contributed by atoms with Gasteiger partial charge in [-0.2, -0.15) is 0 Å². The Morgan fingerprint density at radius 1 is 0.763 bits per heavy atom. The molecule has 0 amide bonds. The minimum absolute atomic E-state index is 0.251. The third kappa shape index (κ3) is 4.06. The van der Waals surface area contributed by atoms with Crippen LogP contribution in [0.15, 0.2) is 76.7 Å². The van der Waals surface area contributed by atoms with Gasteiger partial charge in [0.15, 0.2) is 0 Å². The van der Waals surface area contributed by atoms with Crippen LogP contribution in [0.1, 0.15) is 60.0 Å². The topological polar surface area (TPSA) is 43.4 Å². The van der Waals surface area contributed by atoms with Crippen LogP contribution >= 0.6 is 8.51 Å². The van der Waals surface area contributed by atoms with Crippen molar-refractivity contribution in [3.8, 4) is 0 Å². The second-order valence-corrected chi connectivity index (χ2v) is 44.7. The van der Waals surface area contributed by atoms with Gasteiger partial charge in [0.25, 0.3) is 0 Å². The van der Waals surface area contributed by atoms with E-state index in [4.69, 9.17) is 10.8 Å². The Kier molecular flexibility index (Phi) is 7.01. The minimum atomic E-state index is -5.51. The standard InChI is InChI=1S/2C10H9.C9H12O3S.C2H6Si.ClH.Zr/c2*1-8-6-9-4-2-3-5-10(9)7-8;1-6-4-7(2)9(8(3)5-6)13(10,11)12;1-3-2;;/h2*2-7H,1H3;4-5H,1-3H3,(H,10,11,12);1-2H3;1H;/q;;;;;+2/p-2. The van der Waals surface area contributed by atoms with Crippen molar-refractivity contribution < 1.29 is 27.3 Å². The molecule has 0 bridgehead atoms. The molecule has 7 heteroatoms. The number of allylic oxidation sites excluding steroid dienone is 2. The summed E-state index contributed by atoms with van der Waals surface area (Å²) in [5.41, 5.74) is 7.50. The molecular formula is C31H35ClO3SSiZr. The molecule has 3 nitrogen and oxygen atoms in total. The molecule has 198 valence electrons. The van der Waals surface area contributed by atoms with E-state index in [0.29, 0.717) is 11.1 Å². The van der Waals surface area contributed by atoms with E-state index in [1.165, 1.54) is 0 Å². The van der Waals surface area contributed by atoms with E-state index < -0.39 is 32.2 Å². The van der Waals surface area contributed by atoms with Gasteiger partial charge < -0.3 is 0 Å². The van der Waals surface area contributed by atoms with E-state index in [2.05, 4.69) is 63.4 Å². The summed E-state index contributed by atoms with van der Waals surface area (Å²) in [7, 11) is 4.24. The van der Waals surface area contributed by atoms with Crippen molar-refractivity contribution in [2.45, 2.75) is 59.9 Å². The average Bonchev–Trinajstić information content (AvgIpc) is 3.33. The van der Waals surface area contributed by atoms with Crippen LogP contribution in [0.3, 0.4) is 0 Å². The van der Waals surface area contributed by atoms with Gasteiger partial charge in [-0.1, -0.05) is 0 Å². The van der Waals surface area contributed by atoms with E-state index in [0.717, 1.165) is 39.0 Å². The maximum atomic E-state index is 14.6. The quantitative estimate of drug-likeness (QED) is 0.262. The summed E-state index contributed by atoms with van der Waals surface area (Å²) in [5.74, 6) is 0. The Morgan fingerprint density at radius 3 is 1.61 bits per heavy atom. The number of hydrogen-bond acceptors (Lipinski definition) is 3. The Bertz CT molecular complexity index is 1650. The van der Waals surface area contributed by atoms with Crippen LogP contribution in [0.25, 0.3) is 12.2 Å². The first-order chi connectivity index (χ1) is 17.8. The molecule has 0 aromatic heterocycles. The molecule has 38 heavy (non-hydrogen) atoms. The number of rotatable bonds is 5. The molecule has 5 rings (SSSR count). The summed E-state index contributed by atoms with van der Waals surface area (Å²) >= 11 is -5.51. The van der Waals surface area contributed by atoms with Crippen molar-refractivity contribution in [2.24, 2.45) is 0 Å². The second kappa shape index (κ2) is 9.52. The monoisotopic (exact) mass is 640 g/mol. The fourth-order valence-corrected chi connectivity index (χ4v) is 49.0. The van der Waals surface area contributed by atoms with Crippen LogP contribution in [0.2, 0.25) is 13.1 Å². The number of benzene rings is 3. The van der Waals surface area contributed by atoms with E-state index in [-0.39, 0.29) is 12.1 Å². The zero-order chi connectivity index (χ0) is 27.6. The van der Waals surface area contributed by atoms with Crippen molar-refractivity contribution in [3.63, 3.8) is 0 Å². The number of halogens is 1. The summed E-state index contributed by atoms with van der Waals surface area (Å²) in [4.78, 5) is 0.258. The van der Waals surface area contributed by atoms with E-state index in [1.807, 2.05) is 57.2 Å². The van der Waals surface area contributed by atoms with Crippen LogP contribution in [0, 0.1) is 20.8 Å². The van der Waals surface area contributed by atoms with Gasteiger partial charge >= 0.3 is 234 Å². The van der Waals surface area contributed by atoms with E-state index in [9.17, 15) is 8.42 Å². The summed E-state index contributed by atoms with van der Waals surface area (Å²) in [6, 6.07) is 20.4. The molecule has 2 atom stereocenters. The summed E-state index contributed by atoms with van der Waals surface area (Å²) in [6.07, 6.45) is 4.36. The summed E-state index contributed by atoms with van der Waals surface area (Å²) in [5, 5.41) is 0. The molecule has 0 saturated carbocycles. The Morgan fingerprint density at radius 2 is 1.18 bits per heavy atom. The normalized spacial score (nSPS) is 19.1. The van der Waals surface area contributed by atoms with Gasteiger partial charge in [0.1, 0.15) is 0 Å². The summed E-state index contributed by atoms with van der Waals surface area (Å²) < 4.78 is 35.7. The van der Waals surface area contributed by atoms with Crippen LogP contribution in [-0.2, 0) is 29.0 Å². The molecule has 2 aliphatic rings. The fraction of sp³-hybridized carbons (Fsp3) is 0.290. The van der Waals surface area contributed by atoms with Crippen molar-refractivity contribution >= 4 is 36.2 Å². The maximum absolute atomic E-state index is 14.6. The molecule has 0 N–H and O–H groups in total. The van der Waals surface area contributed by atoms with Gasteiger partial charge in [0, 0.05) is 0 Å². The molecule has 0 heterocycles. The Hall–Kier alpha value is -1.56. The molecular weight excluding hydrogens is 607 g/mol. The van der Waals surface area contributed by atoms with Crippen LogP contribution in [0.5, 0.6) is 0 Å². The predicted octanol–water partition coefficient (Wildman–Crippen LogP) is 8.64. The first-order valence-corrected chi connectivity index (χ1v) is 27.6. The molecule has 3 aromatic rings. The number of fused-ring (bicyclic) bond motifs is 2. The first kappa shape index (κ1) is 28.0. The van der Waals surface area contributed by atoms with Crippen molar-refractivity contribution in [2.75, 3.05) is 0 Å². The number of hydrogen-bond donors (Lipinski definition) is 0. The summed E-state index contributed by atoms with van der Waals surface area (Å²) in [6.45, 7) is 14.2. The Labute approximate surface area is 232 Å². The predicted molar refractivity (Wildman–Crippen MR) is 158 cm³/mol. The average molecular weight is 642 g/mol. The molecule has 2 unspecified atom stereocenters. The van der Waals surface area contributed by atoms with E-state index >= 15 is 0 Å². The van der Waals surface area contributed by atoms with Gasteiger partial charge in [-0.15, -0.1) is 0 Å². The number of aryl methyl sites for hydroxylation is 3. The molecule has 0 radical (unpaired) electrons. The van der Waals surface area contributed by atoms with Crippen molar-refractivity contribution in [1.82, 2.24) is 0 Å². The SMILES string of the molecule is CC1=Cc2ccccc2[CH]1[Zr]([Cl])([O]S(=O)(=O)c1c(C)cc(C)cc1C)([CH]1C(C)=Cc2ccccc21)=[Si](C)C.